The van der Waals surface area contributed by atoms with Crippen molar-refractivity contribution in [3.8, 4) is 0 Å². The maximum atomic E-state index is 12.5. The van der Waals surface area contributed by atoms with E-state index in [0.717, 1.165) is 5.56 Å². The molecule has 1 fully saturated rings. The molecular weight excluding hydrogens is 393 g/mol. The molecule has 2 amide bonds. The SMILES string of the molecule is Cc1ccc(N2CC(C(=O)Nc3cc([N+](=O)[O-])ccc3Cl)CC2=O)cc1Cl. The minimum Gasteiger partial charge on any atom is -0.324 e. The first-order valence-electron chi connectivity index (χ1n) is 8.07. The fourth-order valence-electron chi connectivity index (χ4n) is 2.84. The van der Waals surface area contributed by atoms with Crippen molar-refractivity contribution in [2.75, 3.05) is 16.8 Å². The van der Waals surface area contributed by atoms with Crippen LogP contribution in [0.4, 0.5) is 17.1 Å². The van der Waals surface area contributed by atoms with E-state index in [2.05, 4.69) is 5.32 Å². The molecule has 0 radical (unpaired) electrons. The summed E-state index contributed by atoms with van der Waals surface area (Å²) in [5, 5.41) is 14.2. The van der Waals surface area contributed by atoms with Gasteiger partial charge in [0.1, 0.15) is 0 Å². The summed E-state index contributed by atoms with van der Waals surface area (Å²) in [5.74, 6) is -1.22. The van der Waals surface area contributed by atoms with E-state index in [0.29, 0.717) is 10.7 Å². The number of nitro groups is 1. The van der Waals surface area contributed by atoms with E-state index >= 15 is 0 Å². The van der Waals surface area contributed by atoms with Gasteiger partial charge in [0.2, 0.25) is 11.8 Å². The zero-order chi connectivity index (χ0) is 19.7. The molecule has 3 rings (SSSR count). The first-order chi connectivity index (χ1) is 12.8. The summed E-state index contributed by atoms with van der Waals surface area (Å²) < 4.78 is 0. The molecule has 1 unspecified atom stereocenters. The second kappa shape index (κ2) is 7.54. The van der Waals surface area contributed by atoms with Gasteiger partial charge >= 0.3 is 0 Å². The lowest BCUT2D eigenvalue weighted by Gasteiger charge is -2.17. The highest BCUT2D eigenvalue weighted by atomic mass is 35.5. The summed E-state index contributed by atoms with van der Waals surface area (Å²) in [6, 6.07) is 9.05. The molecule has 1 N–H and O–H groups in total. The van der Waals surface area contributed by atoms with Crippen LogP contribution in [0.1, 0.15) is 12.0 Å². The first kappa shape index (κ1) is 19.1. The molecule has 0 bridgehead atoms. The molecule has 2 aromatic rings. The molecule has 0 saturated carbocycles. The van der Waals surface area contributed by atoms with Crippen LogP contribution in [0.3, 0.4) is 0 Å². The highest BCUT2D eigenvalue weighted by molar-refractivity contribution is 6.34. The van der Waals surface area contributed by atoms with Crippen molar-refractivity contribution in [3.63, 3.8) is 0 Å². The summed E-state index contributed by atoms with van der Waals surface area (Å²) in [4.78, 5) is 36.7. The molecule has 0 aromatic heterocycles. The minimum atomic E-state index is -0.604. The van der Waals surface area contributed by atoms with Crippen molar-refractivity contribution in [1.82, 2.24) is 0 Å². The van der Waals surface area contributed by atoms with E-state index in [1.54, 1.807) is 18.2 Å². The van der Waals surface area contributed by atoms with E-state index in [1.807, 2.05) is 6.92 Å². The summed E-state index contributed by atoms with van der Waals surface area (Å²) in [5.41, 5.74) is 1.47. The second-order valence-electron chi connectivity index (χ2n) is 6.25. The van der Waals surface area contributed by atoms with Crippen LogP contribution >= 0.6 is 23.2 Å². The zero-order valence-corrected chi connectivity index (χ0v) is 15.8. The van der Waals surface area contributed by atoms with Gasteiger partial charge in [-0.15, -0.1) is 0 Å². The van der Waals surface area contributed by atoms with Gasteiger partial charge in [0.05, 0.1) is 21.6 Å². The highest BCUT2D eigenvalue weighted by Crippen LogP contribution is 2.31. The zero-order valence-electron chi connectivity index (χ0n) is 14.2. The van der Waals surface area contributed by atoms with E-state index in [-0.39, 0.29) is 35.3 Å². The third kappa shape index (κ3) is 4.04. The molecule has 7 nitrogen and oxygen atoms in total. The normalized spacial score (nSPS) is 16.5. The van der Waals surface area contributed by atoms with E-state index < -0.39 is 16.7 Å². The molecule has 1 aliphatic rings. The molecule has 27 heavy (non-hydrogen) atoms. The Morgan fingerprint density at radius 3 is 2.63 bits per heavy atom. The standard InChI is InChI=1S/C18H15Cl2N3O4/c1-10-2-3-12(7-15(10)20)22-9-11(6-17(22)24)18(25)21-16-8-13(23(26)27)4-5-14(16)19/h2-5,7-8,11H,6,9H2,1H3,(H,21,25). The Hall–Kier alpha value is -2.64. The number of nitro benzene ring substituents is 1. The molecule has 9 heteroatoms. The van der Waals surface area contributed by atoms with Gasteiger partial charge in [-0.1, -0.05) is 29.3 Å². The van der Waals surface area contributed by atoms with Crippen LogP contribution in [0.5, 0.6) is 0 Å². The van der Waals surface area contributed by atoms with Gasteiger partial charge in [-0.3, -0.25) is 19.7 Å². The third-order valence-corrected chi connectivity index (χ3v) is 5.12. The Bertz CT molecular complexity index is 948. The van der Waals surface area contributed by atoms with E-state index in [1.165, 1.54) is 23.1 Å². The second-order valence-corrected chi connectivity index (χ2v) is 7.06. The summed E-state index contributed by atoms with van der Waals surface area (Å²) >= 11 is 12.1. The Balaban J connectivity index is 1.75. The van der Waals surface area contributed by atoms with Gasteiger partial charge < -0.3 is 10.2 Å². The fourth-order valence-corrected chi connectivity index (χ4v) is 3.18. The number of benzene rings is 2. The Kier molecular flexibility index (Phi) is 5.34. The number of nitrogens with one attached hydrogen (secondary N) is 1. The monoisotopic (exact) mass is 407 g/mol. The van der Waals surface area contributed by atoms with Gasteiger partial charge in [-0.05, 0) is 30.7 Å². The lowest BCUT2D eigenvalue weighted by Crippen LogP contribution is -2.28. The highest BCUT2D eigenvalue weighted by Gasteiger charge is 2.35. The van der Waals surface area contributed by atoms with Gasteiger partial charge in [-0.25, -0.2) is 0 Å². The van der Waals surface area contributed by atoms with Crippen LogP contribution in [-0.2, 0) is 9.59 Å². The number of anilines is 2. The lowest BCUT2D eigenvalue weighted by molar-refractivity contribution is -0.384. The smallest absolute Gasteiger partial charge is 0.271 e. The summed E-state index contributed by atoms with van der Waals surface area (Å²) in [6.45, 7) is 2.05. The number of hydrogen-bond acceptors (Lipinski definition) is 4. The Morgan fingerprint density at radius 2 is 1.96 bits per heavy atom. The number of amides is 2. The molecule has 1 atom stereocenters. The summed E-state index contributed by atoms with van der Waals surface area (Å²) in [6.07, 6.45) is 0.0316. The van der Waals surface area contributed by atoms with Gasteiger partial charge in [-0.2, -0.15) is 0 Å². The summed E-state index contributed by atoms with van der Waals surface area (Å²) in [7, 11) is 0. The van der Waals surface area contributed by atoms with Crippen LogP contribution in [0.2, 0.25) is 10.0 Å². The minimum absolute atomic E-state index is 0.0316. The van der Waals surface area contributed by atoms with Crippen LogP contribution < -0.4 is 10.2 Å². The molecule has 1 saturated heterocycles. The molecule has 2 aromatic carbocycles. The largest absolute Gasteiger partial charge is 0.324 e. The van der Waals surface area contributed by atoms with Crippen LogP contribution in [0.25, 0.3) is 0 Å². The van der Waals surface area contributed by atoms with Crippen molar-refractivity contribution in [3.05, 3.63) is 62.1 Å². The Morgan fingerprint density at radius 1 is 1.22 bits per heavy atom. The predicted molar refractivity (Wildman–Crippen MR) is 103 cm³/mol. The quantitative estimate of drug-likeness (QED) is 0.606. The van der Waals surface area contributed by atoms with E-state index in [9.17, 15) is 19.7 Å². The molecule has 1 aliphatic heterocycles. The first-order valence-corrected chi connectivity index (χ1v) is 8.83. The number of carbonyl (C=O) groups excluding carboxylic acids is 2. The number of rotatable bonds is 4. The number of halogens is 2. The molecular formula is C18H15Cl2N3O4. The molecule has 0 spiro atoms. The van der Waals surface area contributed by atoms with Crippen LogP contribution in [-0.4, -0.2) is 23.3 Å². The lowest BCUT2D eigenvalue weighted by atomic mass is 10.1. The van der Waals surface area contributed by atoms with Gasteiger partial charge in [0.25, 0.3) is 5.69 Å². The van der Waals surface area contributed by atoms with Crippen molar-refractivity contribution < 1.29 is 14.5 Å². The van der Waals surface area contributed by atoms with Crippen LogP contribution in [0.15, 0.2) is 36.4 Å². The Labute approximate surface area is 165 Å². The number of hydrogen-bond donors (Lipinski definition) is 1. The maximum Gasteiger partial charge on any atom is 0.271 e. The van der Waals surface area contributed by atoms with Crippen molar-refractivity contribution >= 4 is 52.1 Å². The molecule has 0 aliphatic carbocycles. The topological polar surface area (TPSA) is 92.6 Å². The van der Waals surface area contributed by atoms with Gasteiger partial charge in [0.15, 0.2) is 0 Å². The maximum absolute atomic E-state index is 12.5. The van der Waals surface area contributed by atoms with E-state index in [4.69, 9.17) is 23.2 Å². The number of nitrogens with zero attached hydrogens (tertiary/aromatic N) is 2. The average Bonchev–Trinajstić information content (AvgIpc) is 3.01. The van der Waals surface area contributed by atoms with Crippen molar-refractivity contribution in [2.45, 2.75) is 13.3 Å². The third-order valence-electron chi connectivity index (χ3n) is 4.38. The number of aryl methyl sites for hydroxylation is 1. The van der Waals surface area contributed by atoms with Gasteiger partial charge in [0, 0.05) is 35.8 Å². The number of non-ortho nitro benzene ring substituents is 1. The van der Waals surface area contributed by atoms with Crippen molar-refractivity contribution in [2.24, 2.45) is 5.92 Å². The fraction of sp³-hybridized carbons (Fsp3) is 0.222. The molecule has 1 heterocycles. The molecule has 140 valence electrons. The average molecular weight is 408 g/mol. The van der Waals surface area contributed by atoms with Crippen LogP contribution in [0, 0.1) is 23.0 Å². The predicted octanol–water partition coefficient (Wildman–Crippen LogP) is 4.20. The number of carbonyl (C=O) groups is 2. The van der Waals surface area contributed by atoms with Crippen molar-refractivity contribution in [1.29, 1.82) is 0 Å².